The Balaban J connectivity index is 0.00000180. The summed E-state index contributed by atoms with van der Waals surface area (Å²) in [7, 11) is 0. The lowest BCUT2D eigenvalue weighted by molar-refractivity contribution is 0.141. The zero-order chi connectivity index (χ0) is 13.0. The van der Waals surface area contributed by atoms with Gasteiger partial charge in [0.1, 0.15) is 11.5 Å². The third-order valence-electron chi connectivity index (χ3n) is 3.30. The molecule has 1 aliphatic heterocycles. The fourth-order valence-electron chi connectivity index (χ4n) is 2.49. The molecule has 0 radical (unpaired) electrons. The van der Waals surface area contributed by atoms with Crippen LogP contribution in [0, 0.1) is 0 Å². The van der Waals surface area contributed by atoms with Crippen LogP contribution < -0.4 is 5.32 Å². The molecule has 6 heteroatoms. The van der Waals surface area contributed by atoms with E-state index in [-0.39, 0.29) is 36.6 Å². The summed E-state index contributed by atoms with van der Waals surface area (Å²) in [6.07, 6.45) is 0.600. The van der Waals surface area contributed by atoms with E-state index >= 15 is 0 Å². The molecule has 1 fully saturated rings. The molecular weight excluding hydrogens is 268 g/mol. The molecule has 0 saturated carbocycles. The van der Waals surface area contributed by atoms with Gasteiger partial charge in [-0.05, 0) is 24.1 Å². The van der Waals surface area contributed by atoms with E-state index < -0.39 is 0 Å². The minimum absolute atomic E-state index is 0. The second kappa shape index (κ2) is 7.55. The standard InChI is InChI=1S/C13H20N2O3.ClH/c16-6-1-13(15-4-2-14-3-5-15)10-7-11(17)9-12(18)8-10;/h7-9,13-14,16-18H,1-6H2;1H/t13-;/m1./s1. The van der Waals surface area contributed by atoms with Gasteiger partial charge in [-0.2, -0.15) is 0 Å². The Morgan fingerprint density at radius 2 is 1.68 bits per heavy atom. The number of aromatic hydroxyl groups is 2. The third kappa shape index (κ3) is 4.24. The minimum atomic E-state index is 0. The van der Waals surface area contributed by atoms with E-state index in [1.807, 2.05) is 0 Å². The molecule has 1 aromatic carbocycles. The Kier molecular flexibility index (Phi) is 6.37. The van der Waals surface area contributed by atoms with E-state index in [9.17, 15) is 15.3 Å². The van der Waals surface area contributed by atoms with Gasteiger partial charge in [-0.15, -0.1) is 12.4 Å². The Bertz CT molecular complexity index is 377. The number of rotatable bonds is 4. The van der Waals surface area contributed by atoms with Crippen LogP contribution in [0.25, 0.3) is 0 Å². The van der Waals surface area contributed by atoms with Gasteiger partial charge in [-0.1, -0.05) is 0 Å². The minimum Gasteiger partial charge on any atom is -0.508 e. The van der Waals surface area contributed by atoms with Crippen molar-refractivity contribution in [1.29, 1.82) is 0 Å². The summed E-state index contributed by atoms with van der Waals surface area (Å²) in [5.74, 6) is 0.117. The molecule has 5 nitrogen and oxygen atoms in total. The molecule has 19 heavy (non-hydrogen) atoms. The number of aliphatic hydroxyl groups excluding tert-OH is 1. The summed E-state index contributed by atoms with van der Waals surface area (Å²) in [5, 5.41) is 31.6. The van der Waals surface area contributed by atoms with E-state index in [1.54, 1.807) is 12.1 Å². The summed E-state index contributed by atoms with van der Waals surface area (Å²) < 4.78 is 0. The third-order valence-corrected chi connectivity index (χ3v) is 3.30. The van der Waals surface area contributed by atoms with Gasteiger partial charge in [0.2, 0.25) is 0 Å². The smallest absolute Gasteiger partial charge is 0.119 e. The molecule has 0 bridgehead atoms. The topological polar surface area (TPSA) is 76.0 Å². The largest absolute Gasteiger partial charge is 0.508 e. The highest BCUT2D eigenvalue weighted by atomic mass is 35.5. The molecule has 1 aromatic rings. The average Bonchev–Trinajstić information content (AvgIpc) is 2.36. The summed E-state index contributed by atoms with van der Waals surface area (Å²) in [4.78, 5) is 2.26. The molecule has 1 aliphatic rings. The lowest BCUT2D eigenvalue weighted by Crippen LogP contribution is -2.45. The van der Waals surface area contributed by atoms with Gasteiger partial charge in [0.25, 0.3) is 0 Å². The van der Waals surface area contributed by atoms with Crippen LogP contribution in [0.1, 0.15) is 18.0 Å². The van der Waals surface area contributed by atoms with Gasteiger partial charge in [0.15, 0.2) is 0 Å². The quantitative estimate of drug-likeness (QED) is 0.661. The molecule has 0 aliphatic carbocycles. The van der Waals surface area contributed by atoms with Crippen molar-refractivity contribution in [1.82, 2.24) is 10.2 Å². The molecule has 4 N–H and O–H groups in total. The van der Waals surface area contributed by atoms with Crippen molar-refractivity contribution in [2.75, 3.05) is 32.8 Å². The normalized spacial score (nSPS) is 17.7. The maximum Gasteiger partial charge on any atom is 0.119 e. The van der Waals surface area contributed by atoms with Crippen molar-refractivity contribution >= 4 is 12.4 Å². The highest BCUT2D eigenvalue weighted by Crippen LogP contribution is 2.30. The molecule has 1 heterocycles. The highest BCUT2D eigenvalue weighted by Gasteiger charge is 2.22. The van der Waals surface area contributed by atoms with Crippen LogP contribution >= 0.6 is 12.4 Å². The van der Waals surface area contributed by atoms with Crippen molar-refractivity contribution in [2.45, 2.75) is 12.5 Å². The van der Waals surface area contributed by atoms with Crippen LogP contribution in [-0.2, 0) is 0 Å². The number of halogens is 1. The highest BCUT2D eigenvalue weighted by molar-refractivity contribution is 5.85. The molecule has 0 amide bonds. The number of hydrogen-bond acceptors (Lipinski definition) is 5. The number of nitrogens with zero attached hydrogens (tertiary/aromatic N) is 1. The van der Waals surface area contributed by atoms with Gasteiger partial charge >= 0.3 is 0 Å². The fraction of sp³-hybridized carbons (Fsp3) is 0.538. The van der Waals surface area contributed by atoms with Crippen molar-refractivity contribution < 1.29 is 15.3 Å². The van der Waals surface area contributed by atoms with Crippen molar-refractivity contribution in [3.05, 3.63) is 23.8 Å². The average molecular weight is 289 g/mol. The van der Waals surface area contributed by atoms with Crippen molar-refractivity contribution in [2.24, 2.45) is 0 Å². The molecule has 0 spiro atoms. The van der Waals surface area contributed by atoms with Crippen LogP contribution in [0.4, 0.5) is 0 Å². The monoisotopic (exact) mass is 288 g/mol. The first kappa shape index (κ1) is 16.0. The van der Waals surface area contributed by atoms with E-state index in [0.717, 1.165) is 31.7 Å². The Hall–Kier alpha value is -1.01. The number of hydrogen-bond donors (Lipinski definition) is 4. The van der Waals surface area contributed by atoms with E-state index in [0.29, 0.717) is 6.42 Å². The number of aliphatic hydroxyl groups is 1. The Morgan fingerprint density at radius 1 is 1.11 bits per heavy atom. The predicted octanol–water partition coefficient (Wildman–Crippen LogP) is 0.848. The van der Waals surface area contributed by atoms with Crippen molar-refractivity contribution in [3.8, 4) is 11.5 Å². The number of nitrogens with one attached hydrogen (secondary N) is 1. The first-order valence-corrected chi connectivity index (χ1v) is 6.29. The number of phenolic OH excluding ortho intramolecular Hbond substituents is 2. The van der Waals surface area contributed by atoms with Crippen LogP contribution in [-0.4, -0.2) is 53.0 Å². The van der Waals surface area contributed by atoms with Gasteiger partial charge in [-0.25, -0.2) is 0 Å². The summed E-state index contributed by atoms with van der Waals surface area (Å²) in [5.41, 5.74) is 0.850. The molecule has 2 rings (SSSR count). The van der Waals surface area contributed by atoms with Crippen LogP contribution in [0.15, 0.2) is 18.2 Å². The van der Waals surface area contributed by atoms with Crippen LogP contribution in [0.2, 0.25) is 0 Å². The summed E-state index contributed by atoms with van der Waals surface area (Å²) in [6, 6.07) is 4.66. The first-order valence-electron chi connectivity index (χ1n) is 6.29. The van der Waals surface area contributed by atoms with Crippen LogP contribution in [0.3, 0.4) is 0 Å². The van der Waals surface area contributed by atoms with Gasteiger partial charge in [0, 0.05) is 44.9 Å². The second-order valence-corrected chi connectivity index (χ2v) is 4.60. The van der Waals surface area contributed by atoms with Gasteiger partial charge in [0.05, 0.1) is 0 Å². The van der Waals surface area contributed by atoms with E-state index in [1.165, 1.54) is 6.07 Å². The zero-order valence-corrected chi connectivity index (χ0v) is 11.6. The second-order valence-electron chi connectivity index (χ2n) is 4.60. The SMILES string of the molecule is Cl.OCC[C@H](c1cc(O)cc(O)c1)N1CCNCC1. The maximum atomic E-state index is 9.56. The van der Waals surface area contributed by atoms with E-state index in [4.69, 9.17) is 0 Å². The Morgan fingerprint density at radius 3 is 2.21 bits per heavy atom. The molecule has 0 unspecified atom stereocenters. The molecule has 0 aromatic heterocycles. The molecule has 1 saturated heterocycles. The van der Waals surface area contributed by atoms with E-state index in [2.05, 4.69) is 10.2 Å². The lowest BCUT2D eigenvalue weighted by atomic mass is 10.0. The zero-order valence-electron chi connectivity index (χ0n) is 10.7. The summed E-state index contributed by atoms with van der Waals surface area (Å²) in [6.45, 7) is 3.74. The van der Waals surface area contributed by atoms with Gasteiger partial charge in [-0.3, -0.25) is 4.90 Å². The Labute approximate surface area is 119 Å². The summed E-state index contributed by atoms with van der Waals surface area (Å²) >= 11 is 0. The lowest BCUT2D eigenvalue weighted by Gasteiger charge is -2.35. The molecule has 108 valence electrons. The molecular formula is C13H21ClN2O3. The number of piperazine rings is 1. The van der Waals surface area contributed by atoms with Gasteiger partial charge < -0.3 is 20.6 Å². The number of benzene rings is 1. The molecule has 1 atom stereocenters. The predicted molar refractivity (Wildman–Crippen MR) is 75.9 cm³/mol. The first-order chi connectivity index (χ1) is 8.70. The number of phenols is 2. The van der Waals surface area contributed by atoms with Crippen LogP contribution in [0.5, 0.6) is 11.5 Å². The maximum absolute atomic E-state index is 9.56. The fourth-order valence-corrected chi connectivity index (χ4v) is 2.49. The van der Waals surface area contributed by atoms with Crippen molar-refractivity contribution in [3.63, 3.8) is 0 Å².